The van der Waals surface area contributed by atoms with Gasteiger partial charge in [0.1, 0.15) is 6.07 Å². The SMILES string of the molecule is N#Cc1ncc(C(F)F)c(I)c1C(N)=O. The van der Waals surface area contributed by atoms with E-state index in [4.69, 9.17) is 11.0 Å². The minimum Gasteiger partial charge on any atom is -0.365 e. The van der Waals surface area contributed by atoms with Gasteiger partial charge in [0.25, 0.3) is 12.3 Å². The second-order valence-corrected chi connectivity index (χ2v) is 3.61. The summed E-state index contributed by atoms with van der Waals surface area (Å²) in [5, 5.41) is 8.61. The van der Waals surface area contributed by atoms with Crippen LogP contribution in [0.4, 0.5) is 8.78 Å². The molecule has 78 valence electrons. The fraction of sp³-hybridized carbons (Fsp3) is 0.125. The molecular formula is C8H4F2IN3O. The van der Waals surface area contributed by atoms with Gasteiger partial charge in [-0.25, -0.2) is 13.8 Å². The number of hydrogen-bond acceptors (Lipinski definition) is 3. The van der Waals surface area contributed by atoms with E-state index < -0.39 is 17.9 Å². The number of carbonyl (C=O) groups excluding carboxylic acids is 1. The lowest BCUT2D eigenvalue weighted by Gasteiger charge is -2.07. The van der Waals surface area contributed by atoms with Crippen molar-refractivity contribution in [2.75, 3.05) is 0 Å². The molecule has 1 heterocycles. The first-order valence-electron chi connectivity index (χ1n) is 3.65. The van der Waals surface area contributed by atoms with Gasteiger partial charge in [-0.3, -0.25) is 4.79 Å². The Morgan fingerprint density at radius 3 is 2.67 bits per heavy atom. The molecule has 0 aliphatic rings. The third-order valence-corrected chi connectivity index (χ3v) is 2.79. The first-order chi connectivity index (χ1) is 6.99. The number of nitrogens with zero attached hydrogens (tertiary/aromatic N) is 2. The molecule has 0 aromatic carbocycles. The molecule has 0 saturated heterocycles. The maximum absolute atomic E-state index is 12.4. The number of amides is 1. The third-order valence-electron chi connectivity index (χ3n) is 1.63. The summed E-state index contributed by atoms with van der Waals surface area (Å²) in [5.41, 5.74) is 4.09. The molecule has 1 rings (SSSR count). The molecule has 0 spiro atoms. The molecule has 0 saturated carbocycles. The highest BCUT2D eigenvalue weighted by Gasteiger charge is 2.21. The summed E-state index contributed by atoms with van der Waals surface area (Å²) in [7, 11) is 0. The van der Waals surface area contributed by atoms with Crippen molar-refractivity contribution >= 4 is 28.5 Å². The zero-order valence-corrected chi connectivity index (χ0v) is 9.33. The van der Waals surface area contributed by atoms with Crippen molar-refractivity contribution < 1.29 is 13.6 Å². The number of rotatable bonds is 2. The second kappa shape index (κ2) is 4.48. The molecule has 15 heavy (non-hydrogen) atoms. The highest BCUT2D eigenvalue weighted by Crippen LogP contribution is 2.27. The van der Waals surface area contributed by atoms with Crippen molar-refractivity contribution in [3.05, 3.63) is 26.6 Å². The van der Waals surface area contributed by atoms with Gasteiger partial charge in [0, 0.05) is 9.77 Å². The molecule has 0 unspecified atom stereocenters. The lowest BCUT2D eigenvalue weighted by Crippen LogP contribution is -2.17. The molecule has 2 N–H and O–H groups in total. The van der Waals surface area contributed by atoms with E-state index in [0.717, 1.165) is 6.20 Å². The molecule has 0 radical (unpaired) electrons. The van der Waals surface area contributed by atoms with Crippen LogP contribution in [0.1, 0.15) is 28.0 Å². The van der Waals surface area contributed by atoms with Gasteiger partial charge in [0.15, 0.2) is 5.69 Å². The van der Waals surface area contributed by atoms with E-state index in [1.54, 1.807) is 28.7 Å². The standard InChI is InChI=1S/C8H4F2IN3O/c9-7(10)3-2-14-4(1-12)5(6(3)11)8(13)15/h2,7H,(H2,13,15). The average molecular weight is 323 g/mol. The van der Waals surface area contributed by atoms with E-state index >= 15 is 0 Å². The van der Waals surface area contributed by atoms with Crippen LogP contribution in [0.15, 0.2) is 6.20 Å². The molecule has 4 nitrogen and oxygen atoms in total. The Kier molecular flexibility index (Phi) is 3.52. The van der Waals surface area contributed by atoms with E-state index in [2.05, 4.69) is 4.98 Å². The Hall–Kier alpha value is -1.30. The number of primary amides is 1. The van der Waals surface area contributed by atoms with Gasteiger partial charge in [-0.2, -0.15) is 5.26 Å². The van der Waals surface area contributed by atoms with Gasteiger partial charge in [-0.1, -0.05) is 0 Å². The molecule has 1 aromatic heterocycles. The van der Waals surface area contributed by atoms with Crippen LogP contribution in [0.25, 0.3) is 0 Å². The Bertz CT molecular complexity index is 456. The summed E-state index contributed by atoms with van der Waals surface area (Å²) >= 11 is 1.55. The van der Waals surface area contributed by atoms with Gasteiger partial charge in [-0.15, -0.1) is 0 Å². The molecule has 1 amide bonds. The van der Waals surface area contributed by atoms with Crippen molar-refractivity contribution in [1.82, 2.24) is 4.98 Å². The van der Waals surface area contributed by atoms with Crippen LogP contribution in [0.5, 0.6) is 0 Å². The lowest BCUT2D eigenvalue weighted by atomic mass is 10.1. The number of carbonyl (C=O) groups is 1. The van der Waals surface area contributed by atoms with E-state index in [0.29, 0.717) is 0 Å². The number of halogens is 3. The largest absolute Gasteiger partial charge is 0.365 e. The molecule has 0 fully saturated rings. The molecule has 0 aliphatic carbocycles. The first kappa shape index (κ1) is 11.8. The molecule has 0 bridgehead atoms. The van der Waals surface area contributed by atoms with Crippen molar-refractivity contribution in [3.63, 3.8) is 0 Å². The van der Waals surface area contributed by atoms with E-state index in [1.807, 2.05) is 0 Å². The van der Waals surface area contributed by atoms with Crippen LogP contribution in [0, 0.1) is 14.9 Å². The Morgan fingerprint density at radius 1 is 1.67 bits per heavy atom. The maximum atomic E-state index is 12.4. The third kappa shape index (κ3) is 2.20. The summed E-state index contributed by atoms with van der Waals surface area (Å²) in [6, 6.07) is 1.62. The van der Waals surface area contributed by atoms with E-state index in [-0.39, 0.29) is 14.8 Å². The molecule has 0 atom stereocenters. The van der Waals surface area contributed by atoms with Crippen molar-refractivity contribution in [3.8, 4) is 6.07 Å². The fourth-order valence-corrected chi connectivity index (χ4v) is 1.86. The van der Waals surface area contributed by atoms with Crippen LogP contribution in [-0.2, 0) is 0 Å². The fourth-order valence-electron chi connectivity index (χ4n) is 0.965. The van der Waals surface area contributed by atoms with Gasteiger partial charge in [-0.05, 0) is 22.6 Å². The van der Waals surface area contributed by atoms with Crippen molar-refractivity contribution in [2.24, 2.45) is 5.73 Å². The monoisotopic (exact) mass is 323 g/mol. The quantitative estimate of drug-likeness (QED) is 0.840. The summed E-state index contributed by atoms with van der Waals surface area (Å²) in [4.78, 5) is 14.4. The van der Waals surface area contributed by atoms with Gasteiger partial charge < -0.3 is 5.73 Å². The molecular weight excluding hydrogens is 319 g/mol. The number of pyridine rings is 1. The number of hydrogen-bond donors (Lipinski definition) is 1. The smallest absolute Gasteiger partial charge is 0.266 e. The number of nitrogens with two attached hydrogens (primary N) is 1. The van der Waals surface area contributed by atoms with Gasteiger partial charge >= 0.3 is 0 Å². The van der Waals surface area contributed by atoms with Crippen LogP contribution in [-0.4, -0.2) is 10.9 Å². The van der Waals surface area contributed by atoms with Crippen molar-refractivity contribution in [2.45, 2.75) is 6.43 Å². The minimum absolute atomic E-state index is 0.0262. The Morgan fingerprint density at radius 2 is 2.27 bits per heavy atom. The van der Waals surface area contributed by atoms with Gasteiger partial charge in [0.05, 0.1) is 11.1 Å². The second-order valence-electron chi connectivity index (χ2n) is 2.53. The summed E-state index contributed by atoms with van der Waals surface area (Å²) in [6.07, 6.45) is -1.88. The minimum atomic E-state index is -2.75. The van der Waals surface area contributed by atoms with Crippen LogP contribution in [0.3, 0.4) is 0 Å². The molecule has 0 aliphatic heterocycles. The average Bonchev–Trinajstić information content (AvgIpc) is 2.15. The Balaban J connectivity index is 3.51. The molecule has 1 aromatic rings. The van der Waals surface area contributed by atoms with E-state index in [9.17, 15) is 13.6 Å². The van der Waals surface area contributed by atoms with E-state index in [1.165, 1.54) is 0 Å². The highest BCUT2D eigenvalue weighted by molar-refractivity contribution is 14.1. The first-order valence-corrected chi connectivity index (χ1v) is 4.73. The number of aromatic nitrogens is 1. The number of alkyl halides is 2. The number of nitriles is 1. The summed E-state index contributed by atoms with van der Waals surface area (Å²) < 4.78 is 24.8. The van der Waals surface area contributed by atoms with Crippen LogP contribution in [0.2, 0.25) is 0 Å². The van der Waals surface area contributed by atoms with Crippen LogP contribution >= 0.6 is 22.6 Å². The lowest BCUT2D eigenvalue weighted by molar-refractivity contribution is 0.0998. The molecule has 7 heteroatoms. The van der Waals surface area contributed by atoms with Crippen LogP contribution < -0.4 is 5.73 Å². The summed E-state index contributed by atoms with van der Waals surface area (Å²) in [5.74, 6) is -0.939. The topological polar surface area (TPSA) is 79.8 Å². The van der Waals surface area contributed by atoms with Gasteiger partial charge in [0.2, 0.25) is 0 Å². The predicted molar refractivity (Wildman–Crippen MR) is 55.1 cm³/mol. The predicted octanol–water partition coefficient (Wildman–Crippen LogP) is 1.59. The maximum Gasteiger partial charge on any atom is 0.266 e. The zero-order chi connectivity index (χ0) is 11.6. The normalized spacial score (nSPS) is 10.1. The zero-order valence-electron chi connectivity index (χ0n) is 7.17. The Labute approximate surface area is 97.2 Å². The van der Waals surface area contributed by atoms with Crippen molar-refractivity contribution in [1.29, 1.82) is 5.26 Å². The summed E-state index contributed by atoms with van der Waals surface area (Å²) in [6.45, 7) is 0. The highest BCUT2D eigenvalue weighted by atomic mass is 127.